The highest BCUT2D eigenvalue weighted by molar-refractivity contribution is 5.78. The lowest BCUT2D eigenvalue weighted by molar-refractivity contribution is -0.122. The van der Waals surface area contributed by atoms with E-state index in [1.165, 1.54) is 6.07 Å². The molecule has 0 saturated heterocycles. The van der Waals surface area contributed by atoms with Crippen molar-refractivity contribution in [3.63, 3.8) is 0 Å². The van der Waals surface area contributed by atoms with E-state index in [-0.39, 0.29) is 31.4 Å². The quantitative estimate of drug-likeness (QED) is 0.704. The van der Waals surface area contributed by atoms with Gasteiger partial charge in [0.05, 0.1) is 19.8 Å². The van der Waals surface area contributed by atoms with Gasteiger partial charge in [-0.1, -0.05) is 12.1 Å². The highest BCUT2D eigenvalue weighted by Gasteiger charge is 2.10. The van der Waals surface area contributed by atoms with Crippen LogP contribution in [-0.2, 0) is 16.1 Å². The minimum atomic E-state index is -0.274. The summed E-state index contributed by atoms with van der Waals surface area (Å²) >= 11 is 0. The molecule has 6 heteroatoms. The Morgan fingerprint density at radius 1 is 1.43 bits per heavy atom. The number of amides is 1. The van der Waals surface area contributed by atoms with E-state index in [9.17, 15) is 9.18 Å². The Hall–Kier alpha value is -1.50. The van der Waals surface area contributed by atoms with E-state index in [0.29, 0.717) is 25.3 Å². The number of aliphatic hydroxyl groups is 1. The lowest BCUT2D eigenvalue weighted by Gasteiger charge is -2.20. The van der Waals surface area contributed by atoms with Gasteiger partial charge in [0, 0.05) is 26.7 Å². The third-order valence-corrected chi connectivity index (χ3v) is 3.12. The zero-order chi connectivity index (χ0) is 15.7. The molecular formula is C15H23FN2O3. The SMILES string of the molecule is COCCN(CCO)CC(=O)NCc1ccc(C)c(F)c1. The Bertz CT molecular complexity index is 455. The topological polar surface area (TPSA) is 61.8 Å². The summed E-state index contributed by atoms with van der Waals surface area (Å²) in [7, 11) is 1.59. The summed E-state index contributed by atoms with van der Waals surface area (Å²) in [6.07, 6.45) is 0. The Balaban J connectivity index is 2.42. The monoisotopic (exact) mass is 298 g/mol. The van der Waals surface area contributed by atoms with Crippen molar-refractivity contribution in [2.24, 2.45) is 0 Å². The Kier molecular flexibility index (Phi) is 7.89. The first-order valence-electron chi connectivity index (χ1n) is 6.90. The fourth-order valence-electron chi connectivity index (χ4n) is 1.84. The Labute approximate surface area is 124 Å². The zero-order valence-corrected chi connectivity index (χ0v) is 12.6. The summed E-state index contributed by atoms with van der Waals surface area (Å²) in [6, 6.07) is 4.90. The van der Waals surface area contributed by atoms with E-state index < -0.39 is 0 Å². The van der Waals surface area contributed by atoms with Crippen LogP contribution in [0.1, 0.15) is 11.1 Å². The second kappa shape index (κ2) is 9.44. The minimum absolute atomic E-state index is 0.0137. The molecule has 0 bridgehead atoms. The summed E-state index contributed by atoms with van der Waals surface area (Å²) in [5.41, 5.74) is 1.30. The lowest BCUT2D eigenvalue weighted by Crippen LogP contribution is -2.39. The summed E-state index contributed by atoms with van der Waals surface area (Å²) < 4.78 is 18.3. The number of methoxy groups -OCH3 is 1. The van der Waals surface area contributed by atoms with Gasteiger partial charge in [0.15, 0.2) is 0 Å². The average Bonchev–Trinajstić information content (AvgIpc) is 2.46. The van der Waals surface area contributed by atoms with Gasteiger partial charge >= 0.3 is 0 Å². The highest BCUT2D eigenvalue weighted by atomic mass is 19.1. The first-order valence-corrected chi connectivity index (χ1v) is 6.90. The first kappa shape index (κ1) is 17.6. The molecule has 0 saturated carbocycles. The number of nitrogens with zero attached hydrogens (tertiary/aromatic N) is 1. The molecule has 0 heterocycles. The molecular weight excluding hydrogens is 275 g/mol. The minimum Gasteiger partial charge on any atom is -0.395 e. The van der Waals surface area contributed by atoms with Crippen LogP contribution in [0.15, 0.2) is 18.2 Å². The van der Waals surface area contributed by atoms with Crippen LogP contribution >= 0.6 is 0 Å². The molecule has 0 aromatic heterocycles. The van der Waals surface area contributed by atoms with E-state index in [1.54, 1.807) is 31.1 Å². The summed E-state index contributed by atoms with van der Waals surface area (Å²) in [4.78, 5) is 13.6. The molecule has 2 N–H and O–H groups in total. The van der Waals surface area contributed by atoms with Gasteiger partial charge in [0.2, 0.25) is 5.91 Å². The van der Waals surface area contributed by atoms with Gasteiger partial charge in [-0.25, -0.2) is 4.39 Å². The number of benzene rings is 1. The maximum atomic E-state index is 13.4. The molecule has 1 rings (SSSR count). The second-order valence-electron chi connectivity index (χ2n) is 4.85. The van der Waals surface area contributed by atoms with Crippen molar-refractivity contribution in [1.29, 1.82) is 0 Å². The zero-order valence-electron chi connectivity index (χ0n) is 12.6. The Morgan fingerprint density at radius 2 is 2.19 bits per heavy atom. The number of nitrogens with one attached hydrogen (secondary N) is 1. The molecule has 0 aliphatic rings. The first-order chi connectivity index (χ1) is 10.1. The van der Waals surface area contributed by atoms with Crippen molar-refractivity contribution in [3.05, 3.63) is 35.1 Å². The smallest absolute Gasteiger partial charge is 0.234 e. The maximum absolute atomic E-state index is 13.4. The molecule has 0 unspecified atom stereocenters. The summed E-state index contributed by atoms with van der Waals surface area (Å²) in [5.74, 6) is -0.440. The number of carbonyl (C=O) groups is 1. The number of aryl methyl sites for hydroxylation is 1. The van der Waals surface area contributed by atoms with Crippen LogP contribution in [0.3, 0.4) is 0 Å². The molecule has 21 heavy (non-hydrogen) atoms. The van der Waals surface area contributed by atoms with Crippen LogP contribution in [0.2, 0.25) is 0 Å². The van der Waals surface area contributed by atoms with Gasteiger partial charge in [0.1, 0.15) is 5.82 Å². The van der Waals surface area contributed by atoms with Crippen molar-refractivity contribution in [2.45, 2.75) is 13.5 Å². The molecule has 0 spiro atoms. The van der Waals surface area contributed by atoms with Crippen LogP contribution in [-0.4, -0.2) is 55.9 Å². The fourth-order valence-corrected chi connectivity index (χ4v) is 1.84. The van der Waals surface area contributed by atoms with Crippen molar-refractivity contribution >= 4 is 5.91 Å². The van der Waals surface area contributed by atoms with Crippen molar-refractivity contribution < 1.29 is 19.0 Å². The molecule has 0 radical (unpaired) electrons. The number of halogens is 1. The molecule has 1 aromatic carbocycles. The summed E-state index contributed by atoms with van der Waals surface area (Å²) in [5, 5.41) is 11.7. The molecule has 0 aliphatic carbocycles. The van der Waals surface area contributed by atoms with E-state index in [1.807, 2.05) is 0 Å². The fraction of sp³-hybridized carbons (Fsp3) is 0.533. The molecule has 1 amide bonds. The van der Waals surface area contributed by atoms with Crippen molar-refractivity contribution in [1.82, 2.24) is 10.2 Å². The Morgan fingerprint density at radius 3 is 2.81 bits per heavy atom. The number of rotatable bonds is 9. The number of hydrogen-bond acceptors (Lipinski definition) is 4. The third-order valence-electron chi connectivity index (χ3n) is 3.12. The predicted molar refractivity (Wildman–Crippen MR) is 78.4 cm³/mol. The van der Waals surface area contributed by atoms with Gasteiger partial charge in [-0.2, -0.15) is 0 Å². The maximum Gasteiger partial charge on any atom is 0.234 e. The van der Waals surface area contributed by atoms with Gasteiger partial charge in [-0.05, 0) is 24.1 Å². The van der Waals surface area contributed by atoms with Crippen molar-refractivity contribution in [3.8, 4) is 0 Å². The molecule has 0 aliphatic heterocycles. The summed E-state index contributed by atoms with van der Waals surface area (Å²) in [6.45, 7) is 3.63. The van der Waals surface area contributed by atoms with Gasteiger partial charge in [0.25, 0.3) is 0 Å². The lowest BCUT2D eigenvalue weighted by atomic mass is 10.1. The molecule has 1 aromatic rings. The second-order valence-corrected chi connectivity index (χ2v) is 4.85. The standard InChI is InChI=1S/C15H23FN2O3/c1-12-3-4-13(9-14(12)16)10-17-15(20)11-18(5-7-19)6-8-21-2/h3-4,9,19H,5-8,10-11H2,1-2H3,(H,17,20). The molecule has 0 atom stereocenters. The number of hydrogen-bond donors (Lipinski definition) is 2. The largest absolute Gasteiger partial charge is 0.395 e. The van der Waals surface area contributed by atoms with Crippen LogP contribution in [0.5, 0.6) is 0 Å². The predicted octanol–water partition coefficient (Wildman–Crippen LogP) is 0.691. The van der Waals surface area contributed by atoms with E-state index in [2.05, 4.69) is 5.32 Å². The third kappa shape index (κ3) is 6.66. The normalized spacial score (nSPS) is 10.9. The number of aliphatic hydroxyl groups excluding tert-OH is 1. The highest BCUT2D eigenvalue weighted by Crippen LogP contribution is 2.08. The van der Waals surface area contributed by atoms with Crippen LogP contribution in [0.25, 0.3) is 0 Å². The van der Waals surface area contributed by atoms with Gasteiger partial charge in [-0.15, -0.1) is 0 Å². The van der Waals surface area contributed by atoms with Gasteiger partial charge < -0.3 is 15.2 Å². The van der Waals surface area contributed by atoms with E-state index in [4.69, 9.17) is 9.84 Å². The van der Waals surface area contributed by atoms with Crippen LogP contribution < -0.4 is 5.32 Å². The molecule has 5 nitrogen and oxygen atoms in total. The van der Waals surface area contributed by atoms with Crippen molar-refractivity contribution in [2.75, 3.05) is 40.0 Å². The van der Waals surface area contributed by atoms with E-state index >= 15 is 0 Å². The van der Waals surface area contributed by atoms with Crippen LogP contribution in [0.4, 0.5) is 4.39 Å². The molecule has 0 fully saturated rings. The van der Waals surface area contributed by atoms with E-state index in [0.717, 1.165) is 5.56 Å². The van der Waals surface area contributed by atoms with Crippen LogP contribution in [0, 0.1) is 12.7 Å². The number of ether oxygens (including phenoxy) is 1. The molecule has 118 valence electrons. The average molecular weight is 298 g/mol. The van der Waals surface area contributed by atoms with Gasteiger partial charge in [-0.3, -0.25) is 9.69 Å². The number of carbonyl (C=O) groups excluding carboxylic acids is 1.